The maximum absolute atomic E-state index is 12.0. The maximum Gasteiger partial charge on any atom is 0.136 e. The molecule has 0 aromatic rings. The first-order valence-corrected chi connectivity index (χ1v) is 7.27. The molecule has 19 heavy (non-hydrogen) atoms. The zero-order chi connectivity index (χ0) is 14.4. The molecule has 110 valence electrons. The third-order valence-electron chi connectivity index (χ3n) is 5.53. The van der Waals surface area contributed by atoms with Crippen molar-refractivity contribution in [2.24, 2.45) is 23.7 Å². The topological polar surface area (TPSA) is 77.8 Å². The van der Waals surface area contributed by atoms with Crippen LogP contribution in [0.1, 0.15) is 46.5 Å². The molecular weight excluding hydrogens is 244 g/mol. The van der Waals surface area contributed by atoms with E-state index in [0.717, 1.165) is 6.42 Å². The lowest BCUT2D eigenvalue weighted by molar-refractivity contribution is -0.122. The van der Waals surface area contributed by atoms with Crippen molar-refractivity contribution in [3.05, 3.63) is 0 Å². The summed E-state index contributed by atoms with van der Waals surface area (Å²) in [5, 5.41) is 30.5. The Labute approximate surface area is 114 Å². The monoisotopic (exact) mass is 270 g/mol. The molecule has 2 aliphatic carbocycles. The number of ketones is 1. The molecule has 0 aromatic heterocycles. The summed E-state index contributed by atoms with van der Waals surface area (Å²) in [5.41, 5.74) is -1.97. The standard InChI is InChI=1S/C15H26O4/c1-9-11-6-10(14(2,3)18)4-5-15(19,8-16)12(11)7-13(9)17/h9-12,16,18-19H,4-8H2,1-3H3/t9-,10+,11-,12-,15+/m0/s1. The third kappa shape index (κ3) is 2.58. The minimum atomic E-state index is -1.16. The fraction of sp³-hybridized carbons (Fsp3) is 0.933. The van der Waals surface area contributed by atoms with Crippen LogP contribution in [-0.2, 0) is 4.79 Å². The lowest BCUT2D eigenvalue weighted by Gasteiger charge is -2.34. The van der Waals surface area contributed by atoms with Crippen LogP contribution in [0.2, 0.25) is 0 Å². The number of hydrogen-bond donors (Lipinski definition) is 3. The Bertz CT molecular complexity index is 360. The predicted molar refractivity (Wildman–Crippen MR) is 71.4 cm³/mol. The van der Waals surface area contributed by atoms with Crippen molar-refractivity contribution in [2.45, 2.75) is 57.7 Å². The summed E-state index contributed by atoms with van der Waals surface area (Å²) in [6.07, 6.45) is 2.26. The van der Waals surface area contributed by atoms with Crippen molar-refractivity contribution in [3.63, 3.8) is 0 Å². The van der Waals surface area contributed by atoms with E-state index in [0.29, 0.717) is 19.3 Å². The predicted octanol–water partition coefficient (Wildman–Crippen LogP) is 1.12. The third-order valence-corrected chi connectivity index (χ3v) is 5.53. The van der Waals surface area contributed by atoms with Gasteiger partial charge in [-0.05, 0) is 44.9 Å². The molecule has 0 amide bonds. The average Bonchev–Trinajstić information content (AvgIpc) is 2.52. The van der Waals surface area contributed by atoms with E-state index >= 15 is 0 Å². The molecule has 3 N–H and O–H groups in total. The second-order valence-electron chi connectivity index (χ2n) is 7.12. The number of carbonyl (C=O) groups excluding carboxylic acids is 1. The molecule has 0 aromatic carbocycles. The quantitative estimate of drug-likeness (QED) is 0.703. The summed E-state index contributed by atoms with van der Waals surface area (Å²) in [7, 11) is 0. The average molecular weight is 270 g/mol. The molecule has 0 bridgehead atoms. The van der Waals surface area contributed by atoms with Crippen molar-refractivity contribution in [3.8, 4) is 0 Å². The van der Waals surface area contributed by atoms with Crippen molar-refractivity contribution in [1.82, 2.24) is 0 Å². The first-order valence-electron chi connectivity index (χ1n) is 7.27. The molecule has 2 saturated carbocycles. The van der Waals surface area contributed by atoms with Gasteiger partial charge in [-0.2, -0.15) is 0 Å². The Morgan fingerprint density at radius 2 is 2.05 bits per heavy atom. The van der Waals surface area contributed by atoms with Gasteiger partial charge in [0.15, 0.2) is 0 Å². The lowest BCUT2D eigenvalue weighted by atomic mass is 9.76. The molecular formula is C15H26O4. The molecule has 2 aliphatic rings. The number of fused-ring (bicyclic) bond motifs is 1. The second-order valence-corrected chi connectivity index (χ2v) is 7.12. The van der Waals surface area contributed by atoms with Crippen LogP contribution in [0.3, 0.4) is 0 Å². The Hall–Kier alpha value is -0.450. The highest BCUT2D eigenvalue weighted by Crippen LogP contribution is 2.50. The molecule has 0 unspecified atom stereocenters. The van der Waals surface area contributed by atoms with E-state index in [1.54, 1.807) is 13.8 Å². The first-order chi connectivity index (χ1) is 8.69. The van der Waals surface area contributed by atoms with Crippen LogP contribution >= 0.6 is 0 Å². The van der Waals surface area contributed by atoms with Crippen LogP contribution < -0.4 is 0 Å². The van der Waals surface area contributed by atoms with Gasteiger partial charge in [-0.1, -0.05) is 6.92 Å². The van der Waals surface area contributed by atoms with Gasteiger partial charge >= 0.3 is 0 Å². The highest BCUT2D eigenvalue weighted by molar-refractivity contribution is 5.83. The van der Waals surface area contributed by atoms with Crippen LogP contribution in [0.15, 0.2) is 0 Å². The minimum Gasteiger partial charge on any atom is -0.393 e. The molecule has 2 fully saturated rings. The highest BCUT2D eigenvalue weighted by atomic mass is 16.3. The van der Waals surface area contributed by atoms with Crippen LogP contribution in [0.5, 0.6) is 0 Å². The maximum atomic E-state index is 12.0. The van der Waals surface area contributed by atoms with Crippen molar-refractivity contribution < 1.29 is 20.1 Å². The van der Waals surface area contributed by atoms with Crippen molar-refractivity contribution >= 4 is 5.78 Å². The molecule has 5 atom stereocenters. The Morgan fingerprint density at radius 1 is 1.42 bits per heavy atom. The lowest BCUT2D eigenvalue weighted by Crippen LogP contribution is -2.42. The van der Waals surface area contributed by atoms with Crippen LogP contribution in [0.4, 0.5) is 0 Å². The first kappa shape index (κ1) is 14.9. The highest BCUT2D eigenvalue weighted by Gasteiger charge is 2.53. The number of hydrogen-bond acceptors (Lipinski definition) is 4. The summed E-state index contributed by atoms with van der Waals surface area (Å²) in [5.74, 6) is 0.0779. The smallest absolute Gasteiger partial charge is 0.136 e. The van der Waals surface area contributed by atoms with E-state index in [-0.39, 0.29) is 36.1 Å². The van der Waals surface area contributed by atoms with E-state index in [2.05, 4.69) is 0 Å². The van der Waals surface area contributed by atoms with Gasteiger partial charge in [-0.3, -0.25) is 4.79 Å². The van der Waals surface area contributed by atoms with Gasteiger partial charge in [0.05, 0.1) is 17.8 Å². The van der Waals surface area contributed by atoms with Crippen molar-refractivity contribution in [2.75, 3.05) is 6.61 Å². The van der Waals surface area contributed by atoms with Crippen molar-refractivity contribution in [1.29, 1.82) is 0 Å². The van der Waals surface area contributed by atoms with Crippen LogP contribution in [0.25, 0.3) is 0 Å². The molecule has 2 rings (SSSR count). The van der Waals surface area contributed by atoms with E-state index in [1.165, 1.54) is 0 Å². The van der Waals surface area contributed by atoms with Gasteiger partial charge in [-0.15, -0.1) is 0 Å². The molecule has 0 radical (unpaired) electrons. The van der Waals surface area contributed by atoms with E-state index in [1.807, 2.05) is 6.92 Å². The van der Waals surface area contributed by atoms with Crippen LogP contribution in [0, 0.1) is 23.7 Å². The molecule has 4 heteroatoms. The second kappa shape index (κ2) is 4.83. The molecule has 0 heterocycles. The molecule has 0 aliphatic heterocycles. The summed E-state index contributed by atoms with van der Waals surface area (Å²) in [6.45, 7) is 5.19. The number of rotatable bonds is 2. The summed E-state index contributed by atoms with van der Waals surface area (Å²) >= 11 is 0. The molecule has 4 nitrogen and oxygen atoms in total. The fourth-order valence-corrected chi connectivity index (χ4v) is 3.99. The summed E-state index contributed by atoms with van der Waals surface area (Å²) in [4.78, 5) is 12.0. The summed E-state index contributed by atoms with van der Waals surface area (Å²) in [6, 6.07) is 0. The molecule has 0 saturated heterocycles. The van der Waals surface area contributed by atoms with E-state index < -0.39 is 11.2 Å². The Balaban J connectivity index is 2.31. The minimum absolute atomic E-state index is 0.0638. The van der Waals surface area contributed by atoms with Gasteiger partial charge in [0, 0.05) is 18.3 Å². The Morgan fingerprint density at radius 3 is 2.58 bits per heavy atom. The number of carbonyl (C=O) groups is 1. The van der Waals surface area contributed by atoms with Crippen LogP contribution in [-0.4, -0.2) is 38.9 Å². The summed E-state index contributed by atoms with van der Waals surface area (Å²) < 4.78 is 0. The SMILES string of the molecule is C[C@@H]1C(=O)C[C@H]2[C@H]1C[C@H](C(C)(C)O)CC[C@@]2(O)CO. The van der Waals surface area contributed by atoms with Gasteiger partial charge in [0.2, 0.25) is 0 Å². The van der Waals surface area contributed by atoms with Gasteiger partial charge < -0.3 is 15.3 Å². The Kier molecular flexibility index (Phi) is 3.80. The normalized spacial score (nSPS) is 44.0. The fourth-order valence-electron chi connectivity index (χ4n) is 3.99. The number of aliphatic hydroxyl groups excluding tert-OH is 1. The van der Waals surface area contributed by atoms with Gasteiger partial charge in [0.1, 0.15) is 5.78 Å². The number of aliphatic hydroxyl groups is 3. The molecule has 0 spiro atoms. The zero-order valence-corrected chi connectivity index (χ0v) is 12.1. The van der Waals surface area contributed by atoms with Gasteiger partial charge in [0.25, 0.3) is 0 Å². The largest absolute Gasteiger partial charge is 0.393 e. The zero-order valence-electron chi connectivity index (χ0n) is 12.1. The van der Waals surface area contributed by atoms with Gasteiger partial charge in [-0.25, -0.2) is 0 Å². The number of Topliss-reactive ketones (excluding diaryl/α,β-unsaturated/α-hetero) is 1. The van der Waals surface area contributed by atoms with E-state index in [4.69, 9.17) is 0 Å². The van der Waals surface area contributed by atoms with E-state index in [9.17, 15) is 20.1 Å².